The van der Waals surface area contributed by atoms with E-state index < -0.39 is 6.10 Å². The number of aromatic nitrogens is 3. The van der Waals surface area contributed by atoms with Crippen LogP contribution < -0.4 is 0 Å². The normalized spacial score (nSPS) is 22.6. The third kappa shape index (κ3) is 3.08. The van der Waals surface area contributed by atoms with Gasteiger partial charge in [0.1, 0.15) is 17.9 Å². The highest BCUT2D eigenvalue weighted by Crippen LogP contribution is 2.34. The number of carbonyl (C=O) groups is 1. The molecule has 0 bridgehead atoms. The van der Waals surface area contributed by atoms with Crippen molar-refractivity contribution in [3.63, 3.8) is 0 Å². The van der Waals surface area contributed by atoms with Crippen molar-refractivity contribution in [2.75, 3.05) is 13.1 Å². The molecule has 0 radical (unpaired) electrons. The second-order valence-corrected chi connectivity index (χ2v) is 7.06. The monoisotopic (exact) mass is 364 g/mol. The maximum Gasteiger partial charge on any atom is 0.266 e. The van der Waals surface area contributed by atoms with Gasteiger partial charge in [-0.05, 0) is 37.8 Å². The Bertz CT molecular complexity index is 980. The van der Waals surface area contributed by atoms with E-state index in [9.17, 15) is 4.79 Å². The molecule has 0 N–H and O–H groups in total. The Morgan fingerprint density at radius 3 is 2.78 bits per heavy atom. The number of nitrogens with zero attached hydrogens (tertiary/aromatic N) is 4. The van der Waals surface area contributed by atoms with Gasteiger partial charge in [-0.3, -0.25) is 4.79 Å². The molecule has 4 heterocycles. The van der Waals surface area contributed by atoms with Gasteiger partial charge in [0.05, 0.1) is 5.52 Å². The number of para-hydroxylation sites is 1. The van der Waals surface area contributed by atoms with Crippen molar-refractivity contribution in [2.45, 2.75) is 37.9 Å². The summed E-state index contributed by atoms with van der Waals surface area (Å²) in [5.74, 6) is 0.872. The average molecular weight is 364 g/mol. The zero-order valence-electron chi connectivity index (χ0n) is 14.9. The Morgan fingerprint density at radius 1 is 1.04 bits per heavy atom. The minimum atomic E-state index is -0.401. The summed E-state index contributed by atoms with van der Waals surface area (Å²) in [6.07, 6.45) is 2.81. The predicted octanol–water partition coefficient (Wildman–Crippen LogP) is 3.13. The first-order valence-electron chi connectivity index (χ1n) is 9.42. The molecule has 2 aromatic heterocycles. The summed E-state index contributed by atoms with van der Waals surface area (Å²) in [4.78, 5) is 19.0. The first kappa shape index (κ1) is 16.4. The van der Waals surface area contributed by atoms with E-state index in [0.717, 1.165) is 36.8 Å². The maximum absolute atomic E-state index is 12.5. The van der Waals surface area contributed by atoms with E-state index in [2.05, 4.69) is 15.2 Å². The summed E-state index contributed by atoms with van der Waals surface area (Å²) in [5.41, 5.74) is 1.51. The van der Waals surface area contributed by atoms with Crippen molar-refractivity contribution in [3.05, 3.63) is 42.3 Å². The summed E-state index contributed by atoms with van der Waals surface area (Å²) < 4.78 is 11.8. The fraction of sp³-hybridized carbons (Fsp3) is 0.400. The highest BCUT2D eigenvalue weighted by atomic mass is 16.5. The minimum Gasteiger partial charge on any atom is -0.416 e. The van der Waals surface area contributed by atoms with Crippen LogP contribution in [-0.4, -0.2) is 45.2 Å². The van der Waals surface area contributed by atoms with Crippen molar-refractivity contribution >= 4 is 16.8 Å². The van der Waals surface area contributed by atoms with Crippen molar-refractivity contribution in [1.29, 1.82) is 0 Å². The van der Waals surface area contributed by atoms with Crippen LogP contribution in [0.2, 0.25) is 0 Å². The van der Waals surface area contributed by atoms with Crippen LogP contribution in [-0.2, 0) is 9.53 Å². The summed E-state index contributed by atoms with van der Waals surface area (Å²) in [6.45, 7) is 1.67. The van der Waals surface area contributed by atoms with Crippen LogP contribution in [0.1, 0.15) is 37.7 Å². The van der Waals surface area contributed by atoms with Gasteiger partial charge in [-0.1, -0.05) is 24.3 Å². The number of pyridine rings is 1. The molecule has 3 aromatic rings. The molecule has 0 unspecified atom stereocenters. The standard InChI is InChI=1S/C20H20N4O3/c25-20(24-11-3-4-12-24)17-10-9-16(26-17)19-23-22-18(27-19)15-8-7-13-5-1-2-6-14(13)21-15/h1-2,5-8,16-17H,3-4,9-12H2/t16-,17+/m1/s1. The molecule has 2 saturated heterocycles. The van der Waals surface area contributed by atoms with Gasteiger partial charge in [0.2, 0.25) is 5.89 Å². The fourth-order valence-electron chi connectivity index (χ4n) is 3.79. The smallest absolute Gasteiger partial charge is 0.266 e. The van der Waals surface area contributed by atoms with E-state index in [1.807, 2.05) is 41.3 Å². The number of hydrogen-bond acceptors (Lipinski definition) is 6. The molecule has 2 fully saturated rings. The number of carbonyl (C=O) groups excluding carboxylic acids is 1. The fourth-order valence-corrected chi connectivity index (χ4v) is 3.79. The molecular weight excluding hydrogens is 344 g/mol. The molecule has 7 nitrogen and oxygen atoms in total. The molecule has 2 atom stereocenters. The lowest BCUT2D eigenvalue weighted by atomic mass is 10.2. The topological polar surface area (TPSA) is 81.3 Å². The van der Waals surface area contributed by atoms with Crippen LogP contribution in [0, 0.1) is 0 Å². The Hall–Kier alpha value is -2.80. The molecule has 1 amide bonds. The number of amides is 1. The lowest BCUT2D eigenvalue weighted by Gasteiger charge is -2.19. The predicted molar refractivity (Wildman–Crippen MR) is 97.7 cm³/mol. The first-order valence-corrected chi connectivity index (χ1v) is 9.42. The first-order chi connectivity index (χ1) is 13.3. The van der Waals surface area contributed by atoms with Gasteiger partial charge >= 0.3 is 0 Å². The highest BCUT2D eigenvalue weighted by molar-refractivity contribution is 5.81. The summed E-state index contributed by atoms with van der Waals surface area (Å²) >= 11 is 0. The lowest BCUT2D eigenvalue weighted by Crippen LogP contribution is -2.36. The molecule has 1 aromatic carbocycles. The van der Waals surface area contributed by atoms with Gasteiger partial charge in [0.15, 0.2) is 0 Å². The Labute approximate surface area is 156 Å². The Kier molecular flexibility index (Phi) is 4.09. The number of ether oxygens (including phenoxy) is 1. The summed E-state index contributed by atoms with van der Waals surface area (Å²) in [6, 6.07) is 11.7. The largest absolute Gasteiger partial charge is 0.416 e. The molecular formula is C20H20N4O3. The minimum absolute atomic E-state index is 0.0888. The van der Waals surface area contributed by atoms with Crippen LogP contribution in [0.3, 0.4) is 0 Å². The van der Waals surface area contributed by atoms with Crippen LogP contribution in [0.4, 0.5) is 0 Å². The molecule has 138 valence electrons. The molecule has 2 aliphatic rings. The average Bonchev–Trinajstić information content (AvgIpc) is 3.48. The third-order valence-corrected chi connectivity index (χ3v) is 5.25. The zero-order chi connectivity index (χ0) is 18.2. The number of fused-ring (bicyclic) bond motifs is 1. The van der Waals surface area contributed by atoms with Crippen molar-refractivity contribution in [3.8, 4) is 11.6 Å². The van der Waals surface area contributed by atoms with Crippen LogP contribution in [0.15, 0.2) is 40.8 Å². The summed E-state index contributed by atoms with van der Waals surface area (Å²) in [5, 5.41) is 9.33. The van der Waals surface area contributed by atoms with Crippen LogP contribution in [0.5, 0.6) is 0 Å². The molecule has 0 aliphatic carbocycles. The van der Waals surface area contributed by atoms with Gasteiger partial charge < -0.3 is 14.1 Å². The Morgan fingerprint density at radius 2 is 1.89 bits per heavy atom. The third-order valence-electron chi connectivity index (χ3n) is 5.25. The molecule has 0 saturated carbocycles. The van der Waals surface area contributed by atoms with Gasteiger partial charge in [-0.2, -0.15) is 0 Å². The van der Waals surface area contributed by atoms with Gasteiger partial charge in [-0.25, -0.2) is 4.98 Å². The number of rotatable bonds is 3. The van der Waals surface area contributed by atoms with E-state index in [0.29, 0.717) is 30.3 Å². The van der Waals surface area contributed by atoms with Crippen LogP contribution in [0.25, 0.3) is 22.5 Å². The van der Waals surface area contributed by atoms with Gasteiger partial charge in [0.25, 0.3) is 11.8 Å². The molecule has 27 heavy (non-hydrogen) atoms. The second-order valence-electron chi connectivity index (χ2n) is 7.06. The molecule has 5 rings (SSSR count). The van der Waals surface area contributed by atoms with E-state index in [4.69, 9.17) is 9.15 Å². The van der Waals surface area contributed by atoms with E-state index in [-0.39, 0.29) is 12.0 Å². The van der Waals surface area contributed by atoms with Gasteiger partial charge in [-0.15, -0.1) is 10.2 Å². The SMILES string of the molecule is O=C([C@@H]1CC[C@H](c2nnc(-c3ccc4ccccc4n3)o2)O1)N1CCCC1. The van der Waals surface area contributed by atoms with Crippen molar-refractivity contribution in [1.82, 2.24) is 20.1 Å². The van der Waals surface area contributed by atoms with Gasteiger partial charge in [0, 0.05) is 18.5 Å². The molecule has 7 heteroatoms. The second kappa shape index (κ2) is 6.74. The van der Waals surface area contributed by atoms with Crippen molar-refractivity contribution in [2.24, 2.45) is 0 Å². The highest BCUT2D eigenvalue weighted by Gasteiger charge is 2.37. The zero-order valence-corrected chi connectivity index (χ0v) is 14.9. The molecule has 0 spiro atoms. The van der Waals surface area contributed by atoms with E-state index in [1.165, 1.54) is 0 Å². The quantitative estimate of drug-likeness (QED) is 0.710. The van der Waals surface area contributed by atoms with Crippen molar-refractivity contribution < 1.29 is 13.9 Å². The summed E-state index contributed by atoms with van der Waals surface area (Å²) in [7, 11) is 0. The molecule has 2 aliphatic heterocycles. The number of likely N-dealkylation sites (tertiary alicyclic amines) is 1. The number of benzene rings is 1. The maximum atomic E-state index is 12.5. The lowest BCUT2D eigenvalue weighted by molar-refractivity contribution is -0.142. The number of hydrogen-bond donors (Lipinski definition) is 0. The van der Waals surface area contributed by atoms with E-state index >= 15 is 0 Å². The van der Waals surface area contributed by atoms with Crippen LogP contribution >= 0.6 is 0 Å². The Balaban J connectivity index is 1.32. The van der Waals surface area contributed by atoms with E-state index in [1.54, 1.807) is 0 Å².